The summed E-state index contributed by atoms with van der Waals surface area (Å²) >= 11 is 0. The van der Waals surface area contributed by atoms with Crippen molar-refractivity contribution >= 4 is 29.0 Å². The van der Waals surface area contributed by atoms with Crippen LogP contribution >= 0.6 is 0 Å². The SMILES string of the molecule is N[C@H]1CC[C@@H](Nc2nc(Nc3ccc4c(c3)CCC(=O)N4)ncc2C2CC2)CC1. The lowest BCUT2D eigenvalue weighted by Gasteiger charge is -2.28. The number of nitrogens with zero attached hydrogens (tertiary/aromatic N) is 2. The Bertz CT molecular complexity index is 918. The second-order valence-corrected chi connectivity index (χ2v) is 8.57. The highest BCUT2D eigenvalue weighted by Crippen LogP contribution is 2.43. The van der Waals surface area contributed by atoms with Crippen LogP contribution in [0.2, 0.25) is 0 Å². The van der Waals surface area contributed by atoms with Crippen LogP contribution in [-0.2, 0) is 11.2 Å². The average Bonchev–Trinajstić information content (AvgIpc) is 3.55. The summed E-state index contributed by atoms with van der Waals surface area (Å²) in [5.74, 6) is 2.24. The minimum atomic E-state index is 0.0802. The molecule has 0 unspecified atom stereocenters. The number of carbonyl (C=O) groups excluding carboxylic acids is 1. The van der Waals surface area contributed by atoms with Gasteiger partial charge in [0.25, 0.3) is 0 Å². The Morgan fingerprint density at radius 3 is 2.69 bits per heavy atom. The molecular formula is C22H28N6O. The number of benzene rings is 1. The number of amides is 1. The van der Waals surface area contributed by atoms with Crippen molar-refractivity contribution in [2.24, 2.45) is 5.73 Å². The molecule has 5 rings (SSSR count). The van der Waals surface area contributed by atoms with Gasteiger partial charge in [0.05, 0.1) is 0 Å². The van der Waals surface area contributed by atoms with Crippen LogP contribution in [0.15, 0.2) is 24.4 Å². The zero-order valence-corrected chi connectivity index (χ0v) is 16.6. The van der Waals surface area contributed by atoms with Crippen LogP contribution in [0.5, 0.6) is 0 Å². The van der Waals surface area contributed by atoms with Gasteiger partial charge in [-0.1, -0.05) is 0 Å². The fraction of sp³-hybridized carbons (Fsp3) is 0.500. The van der Waals surface area contributed by atoms with Gasteiger partial charge in [-0.3, -0.25) is 4.79 Å². The van der Waals surface area contributed by atoms with E-state index in [1.165, 1.54) is 18.4 Å². The van der Waals surface area contributed by atoms with Gasteiger partial charge in [-0.2, -0.15) is 4.98 Å². The van der Waals surface area contributed by atoms with Crippen molar-refractivity contribution in [3.05, 3.63) is 35.5 Å². The number of hydrogen-bond donors (Lipinski definition) is 4. The lowest BCUT2D eigenvalue weighted by Crippen LogP contribution is -2.33. The summed E-state index contributed by atoms with van der Waals surface area (Å²) in [5, 5.41) is 9.94. The highest BCUT2D eigenvalue weighted by atomic mass is 16.1. The van der Waals surface area contributed by atoms with Crippen molar-refractivity contribution in [1.82, 2.24) is 9.97 Å². The zero-order valence-electron chi connectivity index (χ0n) is 16.6. The topological polar surface area (TPSA) is 105 Å². The van der Waals surface area contributed by atoms with E-state index in [-0.39, 0.29) is 5.91 Å². The first-order valence-electron chi connectivity index (χ1n) is 10.7. The van der Waals surface area contributed by atoms with Crippen LogP contribution in [0.4, 0.5) is 23.1 Å². The molecule has 29 heavy (non-hydrogen) atoms. The van der Waals surface area contributed by atoms with Gasteiger partial charge in [0, 0.05) is 41.6 Å². The van der Waals surface area contributed by atoms with E-state index in [0.717, 1.165) is 54.9 Å². The van der Waals surface area contributed by atoms with Crippen molar-refractivity contribution in [3.8, 4) is 0 Å². The fourth-order valence-corrected chi connectivity index (χ4v) is 4.31. The van der Waals surface area contributed by atoms with Crippen molar-refractivity contribution < 1.29 is 4.79 Å². The highest BCUT2D eigenvalue weighted by molar-refractivity contribution is 5.94. The molecule has 7 heteroatoms. The number of aromatic nitrogens is 2. The minimum Gasteiger partial charge on any atom is -0.367 e. The van der Waals surface area contributed by atoms with Crippen LogP contribution in [0.3, 0.4) is 0 Å². The number of anilines is 4. The van der Waals surface area contributed by atoms with Gasteiger partial charge in [-0.25, -0.2) is 4.98 Å². The van der Waals surface area contributed by atoms with Crippen LogP contribution in [0.25, 0.3) is 0 Å². The Kier molecular flexibility index (Phi) is 4.83. The van der Waals surface area contributed by atoms with Gasteiger partial charge in [-0.15, -0.1) is 0 Å². The van der Waals surface area contributed by atoms with E-state index in [4.69, 9.17) is 10.7 Å². The molecule has 7 nitrogen and oxygen atoms in total. The summed E-state index contributed by atoms with van der Waals surface area (Å²) < 4.78 is 0. The van der Waals surface area contributed by atoms with Crippen molar-refractivity contribution in [2.45, 2.75) is 69.4 Å². The first-order chi connectivity index (χ1) is 14.1. The summed E-state index contributed by atoms with van der Waals surface area (Å²) in [6, 6.07) is 6.74. The molecule has 0 radical (unpaired) electrons. The third-order valence-electron chi connectivity index (χ3n) is 6.20. The number of hydrogen-bond acceptors (Lipinski definition) is 6. The molecule has 1 aliphatic heterocycles. The summed E-state index contributed by atoms with van der Waals surface area (Å²) in [6.07, 6.45) is 10.0. The second-order valence-electron chi connectivity index (χ2n) is 8.57. The Hall–Kier alpha value is -2.67. The van der Waals surface area contributed by atoms with E-state index >= 15 is 0 Å². The predicted octanol–water partition coefficient (Wildman–Crippen LogP) is 3.66. The van der Waals surface area contributed by atoms with E-state index in [0.29, 0.717) is 30.4 Å². The Morgan fingerprint density at radius 1 is 1.07 bits per heavy atom. The molecule has 2 saturated carbocycles. The maximum atomic E-state index is 11.6. The molecule has 152 valence electrons. The molecule has 2 heterocycles. The first kappa shape index (κ1) is 18.4. The lowest BCUT2D eigenvalue weighted by atomic mass is 9.92. The van der Waals surface area contributed by atoms with E-state index < -0.39 is 0 Å². The van der Waals surface area contributed by atoms with Gasteiger partial charge in [0.1, 0.15) is 5.82 Å². The number of rotatable bonds is 5. The number of carbonyl (C=O) groups is 1. The molecule has 1 aromatic heterocycles. The van der Waals surface area contributed by atoms with Crippen molar-refractivity contribution in [2.75, 3.05) is 16.0 Å². The van der Waals surface area contributed by atoms with E-state index in [2.05, 4.69) is 27.0 Å². The Balaban J connectivity index is 1.34. The molecule has 3 aliphatic rings. The van der Waals surface area contributed by atoms with Crippen LogP contribution in [0, 0.1) is 0 Å². The van der Waals surface area contributed by atoms with Crippen LogP contribution in [0.1, 0.15) is 62.0 Å². The Labute approximate surface area is 170 Å². The number of nitrogens with one attached hydrogen (secondary N) is 3. The maximum absolute atomic E-state index is 11.6. The Morgan fingerprint density at radius 2 is 1.90 bits per heavy atom. The maximum Gasteiger partial charge on any atom is 0.229 e. The summed E-state index contributed by atoms with van der Waals surface area (Å²) in [4.78, 5) is 21.0. The smallest absolute Gasteiger partial charge is 0.229 e. The molecule has 0 atom stereocenters. The third kappa shape index (κ3) is 4.19. The summed E-state index contributed by atoms with van der Waals surface area (Å²) in [5.41, 5.74) is 10.3. The van der Waals surface area contributed by atoms with Crippen molar-refractivity contribution in [1.29, 1.82) is 0 Å². The summed E-state index contributed by atoms with van der Waals surface area (Å²) in [7, 11) is 0. The number of nitrogens with two attached hydrogens (primary N) is 1. The van der Waals surface area contributed by atoms with Gasteiger partial charge in [0.2, 0.25) is 11.9 Å². The molecule has 0 spiro atoms. The predicted molar refractivity (Wildman–Crippen MR) is 115 cm³/mol. The molecule has 2 aromatic rings. The van der Waals surface area contributed by atoms with Gasteiger partial charge in [-0.05, 0) is 74.6 Å². The van der Waals surface area contributed by atoms with Crippen LogP contribution in [-0.4, -0.2) is 28.0 Å². The largest absolute Gasteiger partial charge is 0.367 e. The van der Waals surface area contributed by atoms with Gasteiger partial charge < -0.3 is 21.7 Å². The van der Waals surface area contributed by atoms with E-state index in [1.54, 1.807) is 0 Å². The van der Waals surface area contributed by atoms with Crippen LogP contribution < -0.4 is 21.7 Å². The molecule has 1 aromatic carbocycles. The minimum absolute atomic E-state index is 0.0802. The number of fused-ring (bicyclic) bond motifs is 1. The molecule has 2 aliphatic carbocycles. The average molecular weight is 393 g/mol. The normalized spacial score (nSPS) is 23.8. The fourth-order valence-electron chi connectivity index (χ4n) is 4.31. The lowest BCUT2D eigenvalue weighted by molar-refractivity contribution is -0.116. The van der Waals surface area contributed by atoms with Gasteiger partial charge in [0.15, 0.2) is 0 Å². The molecular weight excluding hydrogens is 364 g/mol. The molecule has 2 fully saturated rings. The van der Waals surface area contributed by atoms with E-state index in [9.17, 15) is 4.79 Å². The first-order valence-corrected chi connectivity index (χ1v) is 10.7. The van der Waals surface area contributed by atoms with Gasteiger partial charge >= 0.3 is 0 Å². The zero-order chi connectivity index (χ0) is 19.8. The quantitative estimate of drug-likeness (QED) is 0.619. The molecule has 5 N–H and O–H groups in total. The highest BCUT2D eigenvalue weighted by Gasteiger charge is 2.29. The molecule has 0 bridgehead atoms. The summed E-state index contributed by atoms with van der Waals surface area (Å²) in [6.45, 7) is 0. The van der Waals surface area contributed by atoms with Crippen molar-refractivity contribution in [3.63, 3.8) is 0 Å². The number of aryl methyl sites for hydroxylation is 1. The van der Waals surface area contributed by atoms with E-state index in [1.807, 2.05) is 18.3 Å². The molecule has 0 saturated heterocycles. The molecule has 1 amide bonds. The standard InChI is InChI=1S/C22H28N6O/c23-15-4-6-16(7-5-15)25-21-18(13-1-2-13)12-24-22(28-21)26-17-8-9-19-14(11-17)3-10-20(29)27-19/h8-9,11-13,15-16H,1-7,10,23H2,(H,27,29)(H2,24,25,26,28)/t15-,16+. The third-order valence-corrected chi connectivity index (χ3v) is 6.20. The monoisotopic (exact) mass is 392 g/mol. The second kappa shape index (κ2) is 7.63.